The van der Waals surface area contributed by atoms with Crippen LogP contribution in [0.2, 0.25) is 0 Å². The number of carbonyl (C=O) groups is 2. The molecule has 0 aromatic rings. The quantitative estimate of drug-likeness (QED) is 0.812. The molecule has 6 atom stereocenters. The Morgan fingerprint density at radius 3 is 2.10 bits per heavy atom. The van der Waals surface area contributed by atoms with E-state index in [1.807, 2.05) is 6.92 Å². The highest BCUT2D eigenvalue weighted by atomic mass is 16.4. The molecule has 2 fully saturated rings. The fourth-order valence-corrected chi connectivity index (χ4v) is 5.08. The molecule has 0 spiro atoms. The minimum Gasteiger partial charge on any atom is -0.481 e. The molecule has 2 N–H and O–H groups in total. The van der Waals surface area contributed by atoms with E-state index in [2.05, 4.69) is 6.92 Å². The predicted octanol–water partition coefficient (Wildman–Crippen LogP) is 3.65. The van der Waals surface area contributed by atoms with Crippen LogP contribution in [0.4, 0.5) is 0 Å². The van der Waals surface area contributed by atoms with E-state index >= 15 is 0 Å². The van der Waals surface area contributed by atoms with Crippen molar-refractivity contribution in [2.45, 2.75) is 58.8 Å². The standard InChI is InChI=1S/C17H28O4/c1-3-4-7-12-11-8-5-6-9-13(11)15(17(20)21)10(2)14(12)16(18)19/h10-15H,3-9H2,1-2H3,(H,18,19)(H,20,21). The molecule has 0 aromatic heterocycles. The molecule has 2 saturated carbocycles. The monoisotopic (exact) mass is 296 g/mol. The van der Waals surface area contributed by atoms with Crippen molar-refractivity contribution < 1.29 is 19.8 Å². The van der Waals surface area contributed by atoms with E-state index in [9.17, 15) is 19.8 Å². The van der Waals surface area contributed by atoms with Gasteiger partial charge in [-0.05, 0) is 42.9 Å². The normalized spacial score (nSPS) is 39.5. The Bertz CT molecular complexity index is 392. The number of hydrogen-bond acceptors (Lipinski definition) is 2. The fourth-order valence-electron chi connectivity index (χ4n) is 5.08. The van der Waals surface area contributed by atoms with Crippen LogP contribution in [0.15, 0.2) is 0 Å². The summed E-state index contributed by atoms with van der Waals surface area (Å²) < 4.78 is 0. The van der Waals surface area contributed by atoms with Crippen LogP contribution in [0.1, 0.15) is 58.8 Å². The third-order valence-electron chi connectivity index (χ3n) is 5.94. The zero-order valence-electron chi connectivity index (χ0n) is 13.1. The Labute approximate surface area is 126 Å². The number of unbranched alkanes of at least 4 members (excludes halogenated alkanes) is 1. The lowest BCUT2D eigenvalue weighted by Crippen LogP contribution is -2.51. The minimum absolute atomic E-state index is 0.165. The number of rotatable bonds is 5. The Balaban J connectivity index is 2.33. The summed E-state index contributed by atoms with van der Waals surface area (Å²) in [5.74, 6) is -2.17. The second-order valence-electron chi connectivity index (χ2n) is 7.01. The van der Waals surface area contributed by atoms with Crippen LogP contribution < -0.4 is 0 Å². The van der Waals surface area contributed by atoms with Crippen LogP contribution in [-0.4, -0.2) is 22.2 Å². The smallest absolute Gasteiger partial charge is 0.307 e. The van der Waals surface area contributed by atoms with Crippen molar-refractivity contribution in [2.24, 2.45) is 35.5 Å². The average Bonchev–Trinajstić information content (AvgIpc) is 2.43. The van der Waals surface area contributed by atoms with Crippen LogP contribution >= 0.6 is 0 Å². The van der Waals surface area contributed by atoms with E-state index in [1.165, 1.54) is 0 Å². The van der Waals surface area contributed by atoms with Crippen LogP contribution in [0, 0.1) is 35.5 Å². The first kappa shape index (κ1) is 16.3. The molecule has 0 aromatic carbocycles. The van der Waals surface area contributed by atoms with Crippen molar-refractivity contribution in [3.05, 3.63) is 0 Å². The largest absolute Gasteiger partial charge is 0.481 e. The highest BCUT2D eigenvalue weighted by molar-refractivity contribution is 5.75. The third kappa shape index (κ3) is 3.09. The van der Waals surface area contributed by atoms with Gasteiger partial charge in [-0.2, -0.15) is 0 Å². The van der Waals surface area contributed by atoms with Gasteiger partial charge in [0.05, 0.1) is 11.8 Å². The highest BCUT2D eigenvalue weighted by Gasteiger charge is 2.53. The summed E-state index contributed by atoms with van der Waals surface area (Å²) in [6.07, 6.45) is 7.23. The van der Waals surface area contributed by atoms with Crippen LogP contribution in [-0.2, 0) is 9.59 Å². The topological polar surface area (TPSA) is 74.6 Å². The van der Waals surface area contributed by atoms with Crippen LogP contribution in [0.5, 0.6) is 0 Å². The summed E-state index contributed by atoms with van der Waals surface area (Å²) in [6, 6.07) is 0. The fraction of sp³-hybridized carbons (Fsp3) is 0.882. The first-order valence-corrected chi connectivity index (χ1v) is 8.44. The molecule has 0 amide bonds. The lowest BCUT2D eigenvalue weighted by atomic mass is 9.53. The van der Waals surface area contributed by atoms with E-state index in [1.54, 1.807) is 0 Å². The first-order valence-electron chi connectivity index (χ1n) is 8.44. The van der Waals surface area contributed by atoms with Gasteiger partial charge in [0.25, 0.3) is 0 Å². The lowest BCUT2D eigenvalue weighted by Gasteiger charge is -2.50. The molecule has 0 heterocycles. The number of carboxylic acid groups (broad SMARTS) is 2. The zero-order valence-corrected chi connectivity index (χ0v) is 13.1. The molecule has 6 unspecified atom stereocenters. The molecule has 0 aliphatic heterocycles. The number of hydrogen-bond donors (Lipinski definition) is 2. The number of carboxylic acids is 2. The summed E-state index contributed by atoms with van der Waals surface area (Å²) >= 11 is 0. The first-order chi connectivity index (χ1) is 9.99. The van der Waals surface area contributed by atoms with Crippen molar-refractivity contribution in [1.82, 2.24) is 0 Å². The van der Waals surface area contributed by atoms with Gasteiger partial charge in [-0.3, -0.25) is 9.59 Å². The molecular formula is C17H28O4. The molecule has 2 aliphatic rings. The SMILES string of the molecule is CCCCC1C2CCCCC2C(C(=O)O)C(C)C1C(=O)O. The van der Waals surface area contributed by atoms with Gasteiger partial charge in [0, 0.05) is 0 Å². The van der Waals surface area contributed by atoms with E-state index < -0.39 is 23.8 Å². The van der Waals surface area contributed by atoms with E-state index in [-0.39, 0.29) is 17.8 Å². The van der Waals surface area contributed by atoms with Gasteiger partial charge in [-0.25, -0.2) is 0 Å². The Morgan fingerprint density at radius 2 is 1.57 bits per heavy atom. The maximum atomic E-state index is 11.8. The van der Waals surface area contributed by atoms with Gasteiger partial charge in [-0.15, -0.1) is 0 Å². The molecular weight excluding hydrogens is 268 g/mol. The Hall–Kier alpha value is -1.06. The molecule has 4 nitrogen and oxygen atoms in total. The van der Waals surface area contributed by atoms with Crippen molar-refractivity contribution in [1.29, 1.82) is 0 Å². The van der Waals surface area contributed by atoms with Crippen LogP contribution in [0.3, 0.4) is 0 Å². The van der Waals surface area contributed by atoms with Crippen LogP contribution in [0.25, 0.3) is 0 Å². The summed E-state index contributed by atoms with van der Waals surface area (Å²) in [5, 5.41) is 19.3. The third-order valence-corrected chi connectivity index (χ3v) is 5.94. The Kier molecular flexibility index (Phi) is 5.28. The highest BCUT2D eigenvalue weighted by Crippen LogP contribution is 2.53. The molecule has 4 heteroatoms. The summed E-state index contributed by atoms with van der Waals surface area (Å²) in [4.78, 5) is 23.5. The molecule has 2 rings (SSSR count). The van der Waals surface area contributed by atoms with Gasteiger partial charge in [-0.1, -0.05) is 39.5 Å². The molecule has 0 bridgehead atoms. The second kappa shape index (κ2) is 6.80. The van der Waals surface area contributed by atoms with E-state index in [4.69, 9.17) is 0 Å². The Morgan fingerprint density at radius 1 is 1.00 bits per heavy atom. The van der Waals surface area contributed by atoms with Crippen molar-refractivity contribution >= 4 is 11.9 Å². The van der Waals surface area contributed by atoms with Crippen molar-refractivity contribution in [3.8, 4) is 0 Å². The molecule has 120 valence electrons. The van der Waals surface area contributed by atoms with Gasteiger partial charge >= 0.3 is 11.9 Å². The average molecular weight is 296 g/mol. The molecule has 0 radical (unpaired) electrons. The predicted molar refractivity (Wildman–Crippen MR) is 79.9 cm³/mol. The maximum absolute atomic E-state index is 11.8. The van der Waals surface area contributed by atoms with Crippen molar-refractivity contribution in [3.63, 3.8) is 0 Å². The molecule has 0 saturated heterocycles. The number of aliphatic carboxylic acids is 2. The molecule has 2 aliphatic carbocycles. The minimum atomic E-state index is -0.793. The van der Waals surface area contributed by atoms with Crippen molar-refractivity contribution in [2.75, 3.05) is 0 Å². The van der Waals surface area contributed by atoms with E-state index in [0.29, 0.717) is 5.92 Å². The van der Waals surface area contributed by atoms with E-state index in [0.717, 1.165) is 44.9 Å². The second-order valence-corrected chi connectivity index (χ2v) is 7.01. The summed E-state index contributed by atoms with van der Waals surface area (Å²) in [5.41, 5.74) is 0. The maximum Gasteiger partial charge on any atom is 0.307 e. The summed E-state index contributed by atoms with van der Waals surface area (Å²) in [6.45, 7) is 3.97. The van der Waals surface area contributed by atoms with Gasteiger partial charge in [0.15, 0.2) is 0 Å². The lowest BCUT2D eigenvalue weighted by molar-refractivity contribution is -0.165. The van der Waals surface area contributed by atoms with Gasteiger partial charge < -0.3 is 10.2 Å². The zero-order chi connectivity index (χ0) is 15.6. The number of fused-ring (bicyclic) bond motifs is 1. The molecule has 21 heavy (non-hydrogen) atoms. The summed E-state index contributed by atoms with van der Waals surface area (Å²) in [7, 11) is 0. The van der Waals surface area contributed by atoms with Gasteiger partial charge in [0.2, 0.25) is 0 Å². The van der Waals surface area contributed by atoms with Gasteiger partial charge in [0.1, 0.15) is 0 Å².